The van der Waals surface area contributed by atoms with Crippen molar-refractivity contribution in [3.8, 4) is 0 Å². The van der Waals surface area contributed by atoms with Crippen molar-refractivity contribution in [3.63, 3.8) is 0 Å². The molecule has 4 rings (SSSR count). The highest BCUT2D eigenvalue weighted by Gasteiger charge is 2.24. The van der Waals surface area contributed by atoms with Gasteiger partial charge in [-0.05, 0) is 69.9 Å². The monoisotopic (exact) mass is 415 g/mol. The van der Waals surface area contributed by atoms with Gasteiger partial charge in [0.1, 0.15) is 5.56 Å². The Balaban J connectivity index is 1.42. The van der Waals surface area contributed by atoms with E-state index >= 15 is 0 Å². The zero-order valence-corrected chi connectivity index (χ0v) is 17.8. The second kappa shape index (κ2) is 8.79. The molecule has 0 aliphatic heterocycles. The normalized spacial score (nSPS) is 21.6. The number of aliphatic hydroxyl groups is 1. The third kappa shape index (κ3) is 4.46. The summed E-state index contributed by atoms with van der Waals surface area (Å²) in [7, 11) is 0. The minimum absolute atomic E-state index is 0.0553. The zero-order valence-electron chi connectivity index (χ0n) is 16.9. The number of hydrogen-bond acceptors (Lipinski definition) is 5. The lowest BCUT2D eigenvalue weighted by molar-refractivity contribution is 0.0947. The number of aromatic nitrogens is 2. The smallest absolute Gasteiger partial charge is 0.263 e. The minimum Gasteiger partial charge on any atom is -0.393 e. The summed E-state index contributed by atoms with van der Waals surface area (Å²) < 4.78 is 1.68. The molecule has 2 aliphatic rings. The van der Waals surface area contributed by atoms with Gasteiger partial charge in [0, 0.05) is 30.1 Å². The highest BCUT2D eigenvalue weighted by molar-refractivity contribution is 7.11. The number of pyridine rings is 1. The van der Waals surface area contributed by atoms with Gasteiger partial charge in [-0.25, -0.2) is 4.98 Å². The lowest BCUT2D eigenvalue weighted by atomic mass is 9.92. The predicted octanol–water partition coefficient (Wildman–Crippen LogP) is 2.94. The molecule has 0 atom stereocenters. The zero-order chi connectivity index (χ0) is 20.4. The molecule has 2 heterocycles. The quantitative estimate of drug-likeness (QED) is 0.786. The van der Waals surface area contributed by atoms with Crippen LogP contribution >= 0.6 is 11.3 Å². The van der Waals surface area contributed by atoms with E-state index in [4.69, 9.17) is 4.98 Å². The number of amides is 1. The molecule has 0 aromatic carbocycles. The summed E-state index contributed by atoms with van der Waals surface area (Å²) >= 11 is 1.76. The average molecular weight is 416 g/mol. The van der Waals surface area contributed by atoms with E-state index in [0.717, 1.165) is 30.7 Å². The van der Waals surface area contributed by atoms with Crippen LogP contribution in [0.4, 0.5) is 0 Å². The van der Waals surface area contributed by atoms with Crippen molar-refractivity contribution in [2.75, 3.05) is 6.54 Å². The fraction of sp³-hybridized carbons (Fsp3) is 0.591. The van der Waals surface area contributed by atoms with E-state index in [1.165, 1.54) is 23.4 Å². The van der Waals surface area contributed by atoms with Gasteiger partial charge in [-0.15, -0.1) is 11.3 Å². The molecule has 2 N–H and O–H groups in total. The summed E-state index contributed by atoms with van der Waals surface area (Å²) in [5.74, 6) is -0.306. The van der Waals surface area contributed by atoms with Crippen molar-refractivity contribution < 1.29 is 9.90 Å². The maximum atomic E-state index is 13.0. The van der Waals surface area contributed by atoms with Gasteiger partial charge < -0.3 is 15.0 Å². The molecule has 1 amide bonds. The Morgan fingerprint density at radius 2 is 2.03 bits per heavy atom. The van der Waals surface area contributed by atoms with Crippen LogP contribution in [0, 0.1) is 6.92 Å². The number of rotatable bonds is 5. The lowest BCUT2D eigenvalue weighted by Gasteiger charge is -2.27. The van der Waals surface area contributed by atoms with Crippen LogP contribution in [-0.2, 0) is 19.3 Å². The highest BCUT2D eigenvalue weighted by Crippen LogP contribution is 2.28. The van der Waals surface area contributed by atoms with Crippen molar-refractivity contribution in [3.05, 3.63) is 49.3 Å². The SMILES string of the molecule is Cc1ccn(C2CCC(O)CC2)c(=O)c1C(=O)NCCc1nc2c(s1)CCCC2. The molecule has 0 unspecified atom stereocenters. The Labute approximate surface area is 175 Å². The summed E-state index contributed by atoms with van der Waals surface area (Å²) in [6.07, 6.45) is 9.79. The maximum Gasteiger partial charge on any atom is 0.263 e. The summed E-state index contributed by atoms with van der Waals surface area (Å²) in [6.45, 7) is 2.29. The highest BCUT2D eigenvalue weighted by atomic mass is 32.1. The van der Waals surface area contributed by atoms with E-state index in [1.807, 2.05) is 6.07 Å². The van der Waals surface area contributed by atoms with Gasteiger partial charge in [-0.2, -0.15) is 0 Å². The number of aliphatic hydroxyl groups excluding tert-OH is 1. The first-order chi connectivity index (χ1) is 14.0. The summed E-state index contributed by atoms with van der Waals surface area (Å²) in [5.41, 5.74) is 1.94. The number of hydrogen-bond donors (Lipinski definition) is 2. The third-order valence-electron chi connectivity index (χ3n) is 6.13. The van der Waals surface area contributed by atoms with Crippen LogP contribution in [0.25, 0.3) is 0 Å². The van der Waals surface area contributed by atoms with Gasteiger partial charge in [0.2, 0.25) is 0 Å². The van der Waals surface area contributed by atoms with Crippen LogP contribution < -0.4 is 10.9 Å². The van der Waals surface area contributed by atoms with E-state index < -0.39 is 0 Å². The number of carbonyl (C=O) groups excluding carboxylic acids is 1. The topological polar surface area (TPSA) is 84.2 Å². The molecule has 29 heavy (non-hydrogen) atoms. The van der Waals surface area contributed by atoms with Gasteiger partial charge in [0.25, 0.3) is 11.5 Å². The third-order valence-corrected chi connectivity index (χ3v) is 7.35. The van der Waals surface area contributed by atoms with Gasteiger partial charge in [0.05, 0.1) is 16.8 Å². The van der Waals surface area contributed by atoms with Crippen LogP contribution in [0.2, 0.25) is 0 Å². The second-order valence-electron chi connectivity index (χ2n) is 8.24. The van der Waals surface area contributed by atoms with Crippen molar-refractivity contribution >= 4 is 17.2 Å². The van der Waals surface area contributed by atoms with E-state index in [2.05, 4.69) is 5.32 Å². The van der Waals surface area contributed by atoms with E-state index in [1.54, 1.807) is 29.0 Å². The molecule has 0 spiro atoms. The van der Waals surface area contributed by atoms with Gasteiger partial charge in [0.15, 0.2) is 0 Å². The van der Waals surface area contributed by atoms with Crippen molar-refractivity contribution in [2.24, 2.45) is 0 Å². The molecule has 156 valence electrons. The lowest BCUT2D eigenvalue weighted by Crippen LogP contribution is -2.37. The van der Waals surface area contributed by atoms with Gasteiger partial charge in [-0.1, -0.05) is 0 Å². The number of fused-ring (bicyclic) bond motifs is 1. The molecule has 2 aliphatic carbocycles. The predicted molar refractivity (Wildman–Crippen MR) is 114 cm³/mol. The minimum atomic E-state index is -0.306. The summed E-state index contributed by atoms with van der Waals surface area (Å²) in [4.78, 5) is 31.9. The first kappa shape index (κ1) is 20.3. The average Bonchev–Trinajstić information content (AvgIpc) is 3.12. The molecule has 2 aromatic rings. The fourth-order valence-electron chi connectivity index (χ4n) is 4.42. The Morgan fingerprint density at radius 3 is 2.79 bits per heavy atom. The van der Waals surface area contributed by atoms with Crippen LogP contribution in [0.15, 0.2) is 17.1 Å². The fourth-order valence-corrected chi connectivity index (χ4v) is 5.58. The first-order valence-electron chi connectivity index (χ1n) is 10.7. The van der Waals surface area contributed by atoms with E-state index in [-0.39, 0.29) is 29.2 Å². The van der Waals surface area contributed by atoms with Gasteiger partial charge >= 0.3 is 0 Å². The number of nitrogens with one attached hydrogen (secondary N) is 1. The van der Waals surface area contributed by atoms with Crippen LogP contribution in [-0.4, -0.2) is 33.2 Å². The molecule has 2 aromatic heterocycles. The number of nitrogens with zero attached hydrogens (tertiary/aromatic N) is 2. The Kier molecular flexibility index (Phi) is 6.15. The van der Waals surface area contributed by atoms with Crippen LogP contribution in [0.3, 0.4) is 0 Å². The Morgan fingerprint density at radius 1 is 1.28 bits per heavy atom. The van der Waals surface area contributed by atoms with Crippen LogP contribution in [0.5, 0.6) is 0 Å². The largest absolute Gasteiger partial charge is 0.393 e. The van der Waals surface area contributed by atoms with Gasteiger partial charge in [-0.3, -0.25) is 9.59 Å². The summed E-state index contributed by atoms with van der Waals surface area (Å²) in [6, 6.07) is 1.90. The van der Waals surface area contributed by atoms with Crippen LogP contribution in [0.1, 0.15) is 76.1 Å². The van der Waals surface area contributed by atoms with Crippen molar-refractivity contribution in [1.82, 2.24) is 14.9 Å². The first-order valence-corrected chi connectivity index (χ1v) is 11.5. The van der Waals surface area contributed by atoms with Crippen molar-refractivity contribution in [1.29, 1.82) is 0 Å². The standard InChI is InChI=1S/C22H29N3O3S/c1-14-11-13-25(15-6-8-16(26)9-7-15)22(28)20(14)21(27)23-12-10-19-24-17-4-2-3-5-18(17)29-19/h11,13,15-16,26H,2-10,12H2,1H3,(H,23,27). The Hall–Kier alpha value is -1.99. The number of thiazole rings is 1. The molecular weight excluding hydrogens is 386 g/mol. The molecule has 6 nitrogen and oxygen atoms in total. The summed E-state index contributed by atoms with van der Waals surface area (Å²) in [5, 5.41) is 13.7. The maximum absolute atomic E-state index is 13.0. The molecule has 0 saturated heterocycles. The Bertz CT molecular complexity index is 918. The number of carbonyl (C=O) groups is 1. The molecular formula is C22H29N3O3S. The second-order valence-corrected chi connectivity index (χ2v) is 9.41. The molecule has 0 radical (unpaired) electrons. The van der Waals surface area contributed by atoms with E-state index in [0.29, 0.717) is 31.4 Å². The van der Waals surface area contributed by atoms with E-state index in [9.17, 15) is 14.7 Å². The molecule has 1 saturated carbocycles. The number of aryl methyl sites for hydroxylation is 3. The molecule has 1 fully saturated rings. The molecule has 0 bridgehead atoms. The molecule has 7 heteroatoms. The van der Waals surface area contributed by atoms with Crippen molar-refractivity contribution in [2.45, 2.75) is 76.9 Å².